The Morgan fingerprint density at radius 1 is 1.18 bits per heavy atom. The quantitative estimate of drug-likeness (QED) is 0.505. The number of quaternary nitrogens is 1. The van der Waals surface area contributed by atoms with E-state index in [1.54, 1.807) is 0 Å². The highest BCUT2D eigenvalue weighted by Crippen LogP contribution is 2.14. The minimum absolute atomic E-state index is 0. The predicted octanol–water partition coefficient (Wildman–Crippen LogP) is -2.18. The van der Waals surface area contributed by atoms with Gasteiger partial charge in [-0.2, -0.15) is 0 Å². The van der Waals surface area contributed by atoms with Gasteiger partial charge in [0.2, 0.25) is 0 Å². The Kier molecular flexibility index (Phi) is 2.67. The van der Waals surface area contributed by atoms with Gasteiger partial charge in [0.25, 0.3) is 0 Å². The van der Waals surface area contributed by atoms with E-state index < -0.39 is 0 Å². The van der Waals surface area contributed by atoms with Crippen LogP contribution >= 0.6 is 0 Å². The highest BCUT2D eigenvalue weighted by Gasteiger charge is 2.12. The van der Waals surface area contributed by atoms with Gasteiger partial charge in [-0.3, -0.25) is 4.90 Å². The first kappa shape index (κ1) is 8.74. The van der Waals surface area contributed by atoms with Crippen LogP contribution in [0.1, 0.15) is 5.56 Å². The van der Waals surface area contributed by atoms with E-state index >= 15 is 0 Å². The van der Waals surface area contributed by atoms with Gasteiger partial charge in [-0.05, 0) is 6.07 Å². The molecule has 1 N–H and O–H groups in total. The molecule has 1 aliphatic heterocycles. The molecule has 2 rings (SSSR count). The molecule has 0 amide bonds. The van der Waals surface area contributed by atoms with Gasteiger partial charge in [-0.15, -0.1) is 0 Å². The Bertz CT molecular complexity index is 281. The van der Waals surface area contributed by atoms with Crippen molar-refractivity contribution in [1.29, 1.82) is 0 Å². The fraction of sp³-hybridized carbons (Fsp3) is 0.111. The molecule has 1 atom stereocenters. The zero-order valence-corrected chi connectivity index (χ0v) is 8.50. The molecule has 11 heavy (non-hydrogen) atoms. The first-order chi connectivity index (χ1) is 4.88. The maximum absolute atomic E-state index is 2.16. The second kappa shape index (κ2) is 3.36. The van der Waals surface area contributed by atoms with E-state index in [0.717, 1.165) is 0 Å². The largest absolute Gasteiger partial charge is 1.00 e. The number of halogens is 1. The summed E-state index contributed by atoms with van der Waals surface area (Å²) in [7, 11) is 2.14. The molecule has 0 bridgehead atoms. The zero-order valence-electron chi connectivity index (χ0n) is 6.34. The van der Waals surface area contributed by atoms with Gasteiger partial charge in [0, 0.05) is 17.7 Å². The summed E-state index contributed by atoms with van der Waals surface area (Å²) in [6.07, 6.45) is 4.31. The predicted molar refractivity (Wildman–Crippen MR) is 42.0 cm³/mol. The lowest BCUT2D eigenvalue weighted by Crippen LogP contribution is -3.00. The molecule has 1 aromatic carbocycles. The topological polar surface area (TPSA) is 4.44 Å². The van der Waals surface area contributed by atoms with Gasteiger partial charge in [-0.1, -0.05) is 12.1 Å². The van der Waals surface area contributed by atoms with Crippen LogP contribution in [0.5, 0.6) is 0 Å². The Balaban J connectivity index is 0.000000605. The van der Waals surface area contributed by atoms with Crippen molar-refractivity contribution < 1.29 is 28.9 Å². The van der Waals surface area contributed by atoms with Crippen molar-refractivity contribution in [2.75, 3.05) is 7.05 Å². The van der Waals surface area contributed by atoms with Gasteiger partial charge in [0.1, 0.15) is 5.69 Å². The van der Waals surface area contributed by atoms with E-state index in [1.165, 1.54) is 16.2 Å². The van der Waals surface area contributed by atoms with Crippen molar-refractivity contribution in [1.82, 2.24) is 0 Å². The van der Waals surface area contributed by atoms with Gasteiger partial charge in [0.15, 0.2) is 0 Å². The highest BCUT2D eigenvalue weighted by atomic mass is 127. The Morgan fingerprint density at radius 2 is 1.91 bits per heavy atom. The first-order valence-electron chi connectivity index (χ1n) is 3.49. The molecule has 1 unspecified atom stereocenters. The normalized spacial score (nSPS) is 19.2. The maximum atomic E-state index is 2.16. The van der Waals surface area contributed by atoms with Crippen LogP contribution in [-0.4, -0.2) is 7.05 Å². The number of fused-ring (bicyclic) bond motifs is 1. The summed E-state index contributed by atoms with van der Waals surface area (Å²) >= 11 is 0. The SMILES string of the molecule is C[NH+]1C=Cc2ccccc21.[I-]. The number of rotatable bonds is 0. The van der Waals surface area contributed by atoms with E-state index in [0.29, 0.717) is 0 Å². The third-order valence-corrected chi connectivity index (χ3v) is 1.90. The monoisotopic (exact) mass is 259 g/mol. The van der Waals surface area contributed by atoms with Crippen LogP contribution in [-0.2, 0) is 0 Å². The van der Waals surface area contributed by atoms with Crippen LogP contribution in [0.15, 0.2) is 30.5 Å². The molecule has 0 radical (unpaired) electrons. The number of hydrogen-bond acceptors (Lipinski definition) is 0. The molecular formula is C9H10IN. The molecule has 1 heterocycles. The molecule has 1 nitrogen and oxygen atoms in total. The number of nitrogens with one attached hydrogen (secondary N) is 1. The summed E-state index contributed by atoms with van der Waals surface area (Å²) < 4.78 is 0. The van der Waals surface area contributed by atoms with Gasteiger partial charge in [0.05, 0.1) is 13.2 Å². The Labute approximate surface area is 83.7 Å². The summed E-state index contributed by atoms with van der Waals surface area (Å²) in [6.45, 7) is 0. The van der Waals surface area contributed by atoms with Crippen LogP contribution in [0, 0.1) is 0 Å². The highest BCUT2D eigenvalue weighted by molar-refractivity contribution is 5.63. The molecule has 0 spiro atoms. The van der Waals surface area contributed by atoms with Crippen molar-refractivity contribution in [3.8, 4) is 0 Å². The van der Waals surface area contributed by atoms with Crippen molar-refractivity contribution in [3.63, 3.8) is 0 Å². The lowest BCUT2D eigenvalue weighted by Gasteiger charge is -2.02. The van der Waals surface area contributed by atoms with Crippen molar-refractivity contribution in [2.45, 2.75) is 0 Å². The minimum Gasteiger partial charge on any atom is -1.00 e. The molecule has 0 saturated heterocycles. The number of hydrogen-bond donors (Lipinski definition) is 1. The summed E-state index contributed by atoms with van der Waals surface area (Å²) in [5, 5.41) is 0. The average Bonchev–Trinajstić information content (AvgIpc) is 2.34. The summed E-state index contributed by atoms with van der Waals surface area (Å²) in [4.78, 5) is 1.37. The Hall–Kier alpha value is -0.350. The van der Waals surface area contributed by atoms with E-state index in [-0.39, 0.29) is 24.0 Å². The second-order valence-corrected chi connectivity index (χ2v) is 2.60. The smallest absolute Gasteiger partial charge is 0.143 e. The van der Waals surface area contributed by atoms with Gasteiger partial charge < -0.3 is 24.0 Å². The van der Waals surface area contributed by atoms with Crippen molar-refractivity contribution in [3.05, 3.63) is 36.0 Å². The van der Waals surface area contributed by atoms with Crippen LogP contribution < -0.4 is 28.9 Å². The molecule has 2 heteroatoms. The molecule has 0 saturated carbocycles. The van der Waals surface area contributed by atoms with E-state index in [2.05, 4.69) is 43.6 Å². The molecule has 0 aliphatic carbocycles. The minimum atomic E-state index is 0. The fourth-order valence-corrected chi connectivity index (χ4v) is 1.31. The van der Waals surface area contributed by atoms with Crippen LogP contribution in [0.3, 0.4) is 0 Å². The summed E-state index contributed by atoms with van der Waals surface area (Å²) in [5.74, 6) is 0. The standard InChI is InChI=1S/C9H9N.HI/c1-10-7-6-8-4-2-3-5-9(8)10;/h2-7H,1H3;1H. The maximum Gasteiger partial charge on any atom is 0.143 e. The van der Waals surface area contributed by atoms with Crippen LogP contribution in [0.25, 0.3) is 6.08 Å². The summed E-state index contributed by atoms with van der Waals surface area (Å²) in [6, 6.07) is 8.45. The zero-order chi connectivity index (χ0) is 6.97. The number of para-hydroxylation sites is 1. The molecule has 0 aromatic heterocycles. The van der Waals surface area contributed by atoms with Crippen molar-refractivity contribution in [2.24, 2.45) is 0 Å². The molecule has 58 valence electrons. The van der Waals surface area contributed by atoms with E-state index in [1.807, 2.05) is 0 Å². The van der Waals surface area contributed by atoms with Crippen LogP contribution in [0.4, 0.5) is 5.69 Å². The van der Waals surface area contributed by atoms with E-state index in [4.69, 9.17) is 0 Å². The third-order valence-electron chi connectivity index (χ3n) is 1.90. The lowest BCUT2D eigenvalue weighted by molar-refractivity contribution is -0.746. The number of benzene rings is 1. The molecule has 1 aliphatic rings. The third kappa shape index (κ3) is 1.46. The van der Waals surface area contributed by atoms with E-state index in [9.17, 15) is 0 Å². The average molecular weight is 259 g/mol. The summed E-state index contributed by atoms with van der Waals surface area (Å²) in [5.41, 5.74) is 2.72. The van der Waals surface area contributed by atoms with Gasteiger partial charge >= 0.3 is 0 Å². The van der Waals surface area contributed by atoms with Crippen LogP contribution in [0.2, 0.25) is 0 Å². The first-order valence-corrected chi connectivity index (χ1v) is 3.49. The van der Waals surface area contributed by atoms with Gasteiger partial charge in [-0.25, -0.2) is 0 Å². The second-order valence-electron chi connectivity index (χ2n) is 2.60. The molecule has 0 fully saturated rings. The Morgan fingerprint density at radius 3 is 2.64 bits per heavy atom. The van der Waals surface area contributed by atoms with Crippen molar-refractivity contribution >= 4 is 11.8 Å². The lowest BCUT2D eigenvalue weighted by atomic mass is 10.2. The fourth-order valence-electron chi connectivity index (χ4n) is 1.31. The molecular weight excluding hydrogens is 249 g/mol. The molecule has 1 aromatic rings.